The van der Waals surface area contributed by atoms with Crippen molar-refractivity contribution in [2.75, 3.05) is 6.54 Å². The highest BCUT2D eigenvalue weighted by Crippen LogP contribution is 2.18. The van der Waals surface area contributed by atoms with E-state index in [2.05, 4.69) is 10.3 Å². The first kappa shape index (κ1) is 15.3. The van der Waals surface area contributed by atoms with E-state index in [1.54, 1.807) is 6.20 Å². The quantitative estimate of drug-likeness (QED) is 0.843. The number of imidazole rings is 1. The molecule has 0 bridgehead atoms. The van der Waals surface area contributed by atoms with Gasteiger partial charge in [0.2, 0.25) is 5.91 Å². The molecule has 21 heavy (non-hydrogen) atoms. The largest absolute Gasteiger partial charge is 0.355 e. The molecule has 1 heterocycles. The fourth-order valence-electron chi connectivity index (χ4n) is 2.22. The Morgan fingerprint density at radius 1 is 1.38 bits per heavy atom. The minimum Gasteiger partial charge on any atom is -0.355 e. The Morgan fingerprint density at radius 3 is 2.71 bits per heavy atom. The molecule has 0 saturated carbocycles. The van der Waals surface area contributed by atoms with Crippen molar-refractivity contribution in [2.24, 2.45) is 18.7 Å². The monoisotopic (exact) mass is 286 g/mol. The van der Waals surface area contributed by atoms with E-state index in [4.69, 9.17) is 5.73 Å². The molecule has 0 fully saturated rings. The Bertz CT molecular complexity index is 579. The summed E-state index contributed by atoms with van der Waals surface area (Å²) in [7, 11) is 1.94. The SMILES string of the molecule is CC(C(=O)NCCc1nccn1C)C(N)c1ccccc1. The molecule has 112 valence electrons. The molecule has 2 unspecified atom stereocenters. The van der Waals surface area contributed by atoms with Gasteiger partial charge < -0.3 is 15.6 Å². The third kappa shape index (κ3) is 3.92. The number of amides is 1. The molecule has 2 rings (SSSR count). The summed E-state index contributed by atoms with van der Waals surface area (Å²) < 4.78 is 1.95. The summed E-state index contributed by atoms with van der Waals surface area (Å²) in [5.74, 6) is 0.657. The third-order valence-corrected chi connectivity index (χ3v) is 3.71. The molecule has 1 aromatic heterocycles. The molecule has 0 saturated heterocycles. The van der Waals surface area contributed by atoms with E-state index < -0.39 is 0 Å². The maximum Gasteiger partial charge on any atom is 0.224 e. The fourth-order valence-corrected chi connectivity index (χ4v) is 2.22. The van der Waals surface area contributed by atoms with Gasteiger partial charge in [0.25, 0.3) is 0 Å². The lowest BCUT2D eigenvalue weighted by atomic mass is 9.95. The zero-order chi connectivity index (χ0) is 15.2. The number of nitrogens with two attached hydrogens (primary N) is 1. The molecule has 2 aromatic rings. The summed E-state index contributed by atoms with van der Waals surface area (Å²) in [5, 5.41) is 2.93. The lowest BCUT2D eigenvalue weighted by Gasteiger charge is -2.19. The molecule has 0 aliphatic rings. The van der Waals surface area contributed by atoms with Crippen LogP contribution in [0.25, 0.3) is 0 Å². The summed E-state index contributed by atoms with van der Waals surface area (Å²) in [6, 6.07) is 9.40. The highest BCUT2D eigenvalue weighted by Gasteiger charge is 2.21. The second kappa shape index (κ2) is 7.04. The molecule has 0 spiro atoms. The van der Waals surface area contributed by atoms with Crippen LogP contribution < -0.4 is 11.1 Å². The smallest absolute Gasteiger partial charge is 0.224 e. The standard InChI is InChI=1S/C16H22N4O/c1-12(15(17)13-6-4-3-5-7-13)16(21)19-9-8-14-18-10-11-20(14)2/h3-7,10-12,15H,8-9,17H2,1-2H3,(H,19,21). The zero-order valence-corrected chi connectivity index (χ0v) is 12.5. The highest BCUT2D eigenvalue weighted by atomic mass is 16.1. The van der Waals surface area contributed by atoms with Crippen LogP contribution in [-0.4, -0.2) is 22.0 Å². The topological polar surface area (TPSA) is 72.9 Å². The number of carbonyl (C=O) groups is 1. The van der Waals surface area contributed by atoms with E-state index >= 15 is 0 Å². The number of carbonyl (C=O) groups excluding carboxylic acids is 1. The van der Waals surface area contributed by atoms with Crippen LogP contribution in [0.15, 0.2) is 42.7 Å². The van der Waals surface area contributed by atoms with Crippen LogP contribution in [0.1, 0.15) is 24.4 Å². The predicted molar refractivity (Wildman–Crippen MR) is 82.5 cm³/mol. The molecule has 0 aliphatic heterocycles. The van der Waals surface area contributed by atoms with E-state index in [0.29, 0.717) is 13.0 Å². The first-order chi connectivity index (χ1) is 10.1. The first-order valence-corrected chi connectivity index (χ1v) is 7.14. The van der Waals surface area contributed by atoms with Crippen LogP contribution in [0.4, 0.5) is 0 Å². The van der Waals surface area contributed by atoms with Crippen molar-refractivity contribution < 1.29 is 4.79 Å². The van der Waals surface area contributed by atoms with Gasteiger partial charge in [-0.25, -0.2) is 4.98 Å². The van der Waals surface area contributed by atoms with Gasteiger partial charge in [0.1, 0.15) is 5.82 Å². The van der Waals surface area contributed by atoms with Crippen molar-refractivity contribution in [3.05, 3.63) is 54.1 Å². The molecule has 0 aliphatic carbocycles. The number of nitrogens with one attached hydrogen (secondary N) is 1. The van der Waals surface area contributed by atoms with E-state index in [9.17, 15) is 4.79 Å². The minimum atomic E-state index is -0.292. The number of aryl methyl sites for hydroxylation is 1. The Hall–Kier alpha value is -2.14. The summed E-state index contributed by atoms with van der Waals surface area (Å²) in [6.07, 6.45) is 4.36. The Balaban J connectivity index is 1.84. The van der Waals surface area contributed by atoms with Crippen molar-refractivity contribution in [3.8, 4) is 0 Å². The molecular formula is C16H22N4O. The van der Waals surface area contributed by atoms with Gasteiger partial charge in [0.15, 0.2) is 0 Å². The Kier molecular flexibility index (Phi) is 5.11. The van der Waals surface area contributed by atoms with Gasteiger partial charge in [-0.3, -0.25) is 4.79 Å². The predicted octanol–water partition coefficient (Wildman–Crippen LogP) is 1.41. The lowest BCUT2D eigenvalue weighted by Crippen LogP contribution is -2.36. The average molecular weight is 286 g/mol. The molecule has 5 heteroatoms. The lowest BCUT2D eigenvalue weighted by molar-refractivity contribution is -0.125. The van der Waals surface area contributed by atoms with Crippen LogP contribution in [0, 0.1) is 5.92 Å². The van der Waals surface area contributed by atoms with Crippen LogP contribution >= 0.6 is 0 Å². The third-order valence-electron chi connectivity index (χ3n) is 3.71. The summed E-state index contributed by atoms with van der Waals surface area (Å²) in [6.45, 7) is 2.42. The van der Waals surface area contributed by atoms with E-state index in [0.717, 1.165) is 11.4 Å². The van der Waals surface area contributed by atoms with Gasteiger partial charge in [0, 0.05) is 38.4 Å². The van der Waals surface area contributed by atoms with Gasteiger partial charge >= 0.3 is 0 Å². The van der Waals surface area contributed by atoms with E-state index in [1.165, 1.54) is 0 Å². The first-order valence-electron chi connectivity index (χ1n) is 7.14. The normalized spacial score (nSPS) is 13.7. The van der Waals surface area contributed by atoms with Gasteiger partial charge in [-0.1, -0.05) is 37.3 Å². The molecule has 2 atom stereocenters. The molecule has 0 radical (unpaired) electrons. The average Bonchev–Trinajstić information content (AvgIpc) is 2.92. The van der Waals surface area contributed by atoms with Crippen molar-refractivity contribution in [1.29, 1.82) is 0 Å². The van der Waals surface area contributed by atoms with Gasteiger partial charge in [-0.2, -0.15) is 0 Å². The van der Waals surface area contributed by atoms with Crippen LogP contribution in [0.2, 0.25) is 0 Å². The van der Waals surface area contributed by atoms with Gasteiger partial charge in [-0.15, -0.1) is 0 Å². The van der Waals surface area contributed by atoms with Gasteiger partial charge in [-0.05, 0) is 5.56 Å². The number of benzene rings is 1. The minimum absolute atomic E-state index is 0.0273. The summed E-state index contributed by atoms with van der Waals surface area (Å²) in [4.78, 5) is 16.4. The number of aromatic nitrogens is 2. The highest BCUT2D eigenvalue weighted by molar-refractivity contribution is 5.79. The Labute approximate surface area is 125 Å². The van der Waals surface area contributed by atoms with Crippen molar-refractivity contribution in [1.82, 2.24) is 14.9 Å². The fraction of sp³-hybridized carbons (Fsp3) is 0.375. The second-order valence-corrected chi connectivity index (χ2v) is 5.22. The van der Waals surface area contributed by atoms with Crippen LogP contribution in [0.3, 0.4) is 0 Å². The molecule has 1 aromatic carbocycles. The number of hydrogen-bond acceptors (Lipinski definition) is 3. The van der Waals surface area contributed by atoms with Crippen LogP contribution in [0.5, 0.6) is 0 Å². The van der Waals surface area contributed by atoms with Crippen molar-refractivity contribution >= 4 is 5.91 Å². The maximum absolute atomic E-state index is 12.2. The number of rotatable bonds is 6. The van der Waals surface area contributed by atoms with E-state index in [1.807, 2.05) is 55.1 Å². The number of hydrogen-bond donors (Lipinski definition) is 2. The number of nitrogens with zero attached hydrogens (tertiary/aromatic N) is 2. The van der Waals surface area contributed by atoms with Crippen LogP contribution in [-0.2, 0) is 18.3 Å². The second-order valence-electron chi connectivity index (χ2n) is 5.22. The van der Waals surface area contributed by atoms with E-state index in [-0.39, 0.29) is 17.9 Å². The van der Waals surface area contributed by atoms with Crippen molar-refractivity contribution in [3.63, 3.8) is 0 Å². The molecular weight excluding hydrogens is 264 g/mol. The molecule has 1 amide bonds. The summed E-state index contributed by atoms with van der Waals surface area (Å²) >= 11 is 0. The van der Waals surface area contributed by atoms with Gasteiger partial charge in [0.05, 0.1) is 5.92 Å². The molecule has 5 nitrogen and oxygen atoms in total. The van der Waals surface area contributed by atoms with Crippen molar-refractivity contribution in [2.45, 2.75) is 19.4 Å². The molecule has 3 N–H and O–H groups in total. The maximum atomic E-state index is 12.2. The zero-order valence-electron chi connectivity index (χ0n) is 12.5. The summed E-state index contributed by atoms with van der Waals surface area (Å²) in [5.41, 5.74) is 7.13. The Morgan fingerprint density at radius 2 is 2.10 bits per heavy atom.